The van der Waals surface area contributed by atoms with E-state index in [9.17, 15) is 0 Å². The third-order valence-electron chi connectivity index (χ3n) is 2.84. The summed E-state index contributed by atoms with van der Waals surface area (Å²) in [6, 6.07) is 2.06. The predicted molar refractivity (Wildman–Crippen MR) is 66.6 cm³/mol. The maximum Gasteiger partial charge on any atom is 0.116 e. The molecule has 0 spiro atoms. The Kier molecular flexibility index (Phi) is 2.48. The first kappa shape index (κ1) is 9.73. The van der Waals surface area contributed by atoms with Crippen molar-refractivity contribution in [1.82, 2.24) is 9.97 Å². The second-order valence-electron chi connectivity index (χ2n) is 4.01. The van der Waals surface area contributed by atoms with Crippen molar-refractivity contribution in [3.63, 3.8) is 0 Å². The number of fused-ring (bicyclic) bond motifs is 1. The summed E-state index contributed by atoms with van der Waals surface area (Å²) in [5, 5.41) is 2.09. The minimum atomic E-state index is 0.595. The Morgan fingerprint density at radius 3 is 3.13 bits per heavy atom. The molecule has 2 aromatic heterocycles. The van der Waals surface area contributed by atoms with E-state index in [0.29, 0.717) is 4.83 Å². The van der Waals surface area contributed by atoms with Gasteiger partial charge >= 0.3 is 0 Å². The highest BCUT2D eigenvalue weighted by Gasteiger charge is 2.29. The average molecular weight is 283 g/mol. The summed E-state index contributed by atoms with van der Waals surface area (Å²) in [6.07, 6.45) is 5.45. The molecule has 78 valence electrons. The molecule has 0 amide bonds. The van der Waals surface area contributed by atoms with Crippen molar-refractivity contribution in [3.05, 3.63) is 23.5 Å². The van der Waals surface area contributed by atoms with Gasteiger partial charge in [-0.15, -0.1) is 11.3 Å². The van der Waals surface area contributed by atoms with Crippen LogP contribution in [0.3, 0.4) is 0 Å². The fourth-order valence-corrected chi connectivity index (χ4v) is 3.48. The Hall–Kier alpha value is -0.480. The average Bonchev–Trinajstić information content (AvgIpc) is 2.97. The lowest BCUT2D eigenvalue weighted by Crippen LogP contribution is -2.06. The number of halogens is 1. The molecule has 0 aliphatic heterocycles. The van der Waals surface area contributed by atoms with Crippen molar-refractivity contribution < 1.29 is 0 Å². The molecule has 0 radical (unpaired) electrons. The van der Waals surface area contributed by atoms with Crippen LogP contribution in [0.15, 0.2) is 17.8 Å². The van der Waals surface area contributed by atoms with E-state index >= 15 is 0 Å². The zero-order valence-electron chi connectivity index (χ0n) is 8.19. The minimum Gasteiger partial charge on any atom is -0.240 e. The second-order valence-corrected chi connectivity index (χ2v) is 6.11. The number of thiophene rings is 1. The Morgan fingerprint density at radius 1 is 1.47 bits per heavy atom. The Bertz CT molecular complexity index is 478. The maximum atomic E-state index is 4.40. The quantitative estimate of drug-likeness (QED) is 0.807. The summed E-state index contributed by atoms with van der Waals surface area (Å²) < 4.78 is 1.25. The molecule has 4 heteroatoms. The molecule has 1 fully saturated rings. The van der Waals surface area contributed by atoms with Gasteiger partial charge in [-0.2, -0.15) is 0 Å². The zero-order chi connectivity index (χ0) is 10.3. The molecule has 2 heterocycles. The predicted octanol–water partition coefficient (Wildman–Crippen LogP) is 3.41. The van der Waals surface area contributed by atoms with E-state index in [-0.39, 0.29) is 0 Å². The summed E-state index contributed by atoms with van der Waals surface area (Å²) in [5.74, 6) is 0.870. The van der Waals surface area contributed by atoms with Gasteiger partial charge in [0.1, 0.15) is 6.33 Å². The van der Waals surface area contributed by atoms with E-state index in [0.717, 1.165) is 17.9 Å². The lowest BCUT2D eigenvalue weighted by molar-refractivity contribution is 0.750. The third-order valence-corrected chi connectivity index (χ3v) is 4.86. The van der Waals surface area contributed by atoms with E-state index < -0.39 is 0 Å². The van der Waals surface area contributed by atoms with Crippen LogP contribution in [0.25, 0.3) is 10.2 Å². The molecular weight excluding hydrogens is 272 g/mol. The first-order valence-electron chi connectivity index (χ1n) is 5.16. The number of rotatable bonds is 3. The molecule has 3 rings (SSSR count). The fraction of sp³-hybridized carbons (Fsp3) is 0.455. The van der Waals surface area contributed by atoms with Gasteiger partial charge in [-0.3, -0.25) is 0 Å². The van der Waals surface area contributed by atoms with Crippen LogP contribution in [0.4, 0.5) is 0 Å². The van der Waals surface area contributed by atoms with Gasteiger partial charge in [-0.1, -0.05) is 15.9 Å². The van der Waals surface area contributed by atoms with Crippen LogP contribution < -0.4 is 0 Å². The van der Waals surface area contributed by atoms with Gasteiger partial charge in [-0.25, -0.2) is 9.97 Å². The lowest BCUT2D eigenvalue weighted by atomic mass is 10.1. The molecule has 1 atom stereocenters. The van der Waals surface area contributed by atoms with Gasteiger partial charge in [0.05, 0.1) is 15.9 Å². The summed E-state index contributed by atoms with van der Waals surface area (Å²) >= 11 is 5.50. The van der Waals surface area contributed by atoms with E-state index in [2.05, 4.69) is 37.3 Å². The molecule has 2 nitrogen and oxygen atoms in total. The number of hydrogen-bond acceptors (Lipinski definition) is 3. The Labute approximate surface area is 101 Å². The van der Waals surface area contributed by atoms with Crippen molar-refractivity contribution in [2.45, 2.75) is 24.1 Å². The number of hydrogen-bond donors (Lipinski definition) is 0. The summed E-state index contributed by atoms with van der Waals surface area (Å²) in [4.78, 5) is 9.25. The Morgan fingerprint density at radius 2 is 2.33 bits per heavy atom. The number of alkyl halides is 1. The second kappa shape index (κ2) is 3.83. The number of aromatic nitrogens is 2. The van der Waals surface area contributed by atoms with Crippen LogP contribution in [-0.4, -0.2) is 14.8 Å². The van der Waals surface area contributed by atoms with Gasteiger partial charge in [0, 0.05) is 11.2 Å². The summed E-state index contributed by atoms with van der Waals surface area (Å²) in [7, 11) is 0. The number of nitrogens with zero attached hydrogens (tertiary/aromatic N) is 2. The van der Waals surface area contributed by atoms with Crippen LogP contribution >= 0.6 is 27.3 Å². The highest BCUT2D eigenvalue weighted by atomic mass is 79.9. The Balaban J connectivity index is 1.92. The largest absolute Gasteiger partial charge is 0.240 e. The molecule has 0 N–H and O–H groups in total. The van der Waals surface area contributed by atoms with Crippen LogP contribution in [0.2, 0.25) is 0 Å². The highest BCUT2D eigenvalue weighted by Crippen LogP contribution is 2.38. The maximum absolute atomic E-state index is 4.40. The SMILES string of the molecule is BrC(Cc1ncnc2ccsc12)C1CC1. The van der Waals surface area contributed by atoms with E-state index in [1.165, 1.54) is 23.2 Å². The summed E-state index contributed by atoms with van der Waals surface area (Å²) in [6.45, 7) is 0. The first-order chi connectivity index (χ1) is 7.34. The minimum absolute atomic E-state index is 0.595. The van der Waals surface area contributed by atoms with Gasteiger partial charge in [0.15, 0.2) is 0 Å². The van der Waals surface area contributed by atoms with Gasteiger partial charge < -0.3 is 0 Å². The molecule has 2 aromatic rings. The fourth-order valence-electron chi connectivity index (χ4n) is 1.79. The molecule has 0 bridgehead atoms. The third kappa shape index (κ3) is 1.93. The molecule has 1 aliphatic rings. The van der Waals surface area contributed by atoms with Crippen LogP contribution in [0.1, 0.15) is 18.5 Å². The van der Waals surface area contributed by atoms with Crippen molar-refractivity contribution in [1.29, 1.82) is 0 Å². The first-order valence-corrected chi connectivity index (χ1v) is 6.95. The highest BCUT2D eigenvalue weighted by molar-refractivity contribution is 9.09. The smallest absolute Gasteiger partial charge is 0.116 e. The molecular formula is C11H11BrN2S. The lowest BCUT2D eigenvalue weighted by Gasteiger charge is -2.07. The van der Waals surface area contributed by atoms with Crippen LogP contribution in [0, 0.1) is 5.92 Å². The molecule has 0 saturated heterocycles. The van der Waals surface area contributed by atoms with Gasteiger partial charge in [0.25, 0.3) is 0 Å². The van der Waals surface area contributed by atoms with Crippen LogP contribution in [0.5, 0.6) is 0 Å². The van der Waals surface area contributed by atoms with Crippen molar-refractivity contribution >= 4 is 37.5 Å². The van der Waals surface area contributed by atoms with E-state index in [1.54, 1.807) is 17.7 Å². The molecule has 0 aromatic carbocycles. The normalized spacial score (nSPS) is 18.2. The standard InChI is InChI=1S/C11H11BrN2S/c12-8(7-1-2-7)5-10-11-9(3-4-15-11)13-6-14-10/h3-4,6-8H,1-2,5H2. The monoisotopic (exact) mass is 282 g/mol. The van der Waals surface area contributed by atoms with E-state index in [4.69, 9.17) is 0 Å². The van der Waals surface area contributed by atoms with Gasteiger partial charge in [-0.05, 0) is 30.2 Å². The zero-order valence-corrected chi connectivity index (χ0v) is 10.6. The topological polar surface area (TPSA) is 25.8 Å². The van der Waals surface area contributed by atoms with Crippen molar-refractivity contribution in [2.75, 3.05) is 0 Å². The molecule has 1 unspecified atom stereocenters. The molecule has 1 saturated carbocycles. The molecule has 15 heavy (non-hydrogen) atoms. The molecule has 1 aliphatic carbocycles. The van der Waals surface area contributed by atoms with Crippen LogP contribution in [-0.2, 0) is 6.42 Å². The summed E-state index contributed by atoms with van der Waals surface area (Å²) in [5.41, 5.74) is 2.28. The van der Waals surface area contributed by atoms with Gasteiger partial charge in [0.2, 0.25) is 0 Å². The van der Waals surface area contributed by atoms with E-state index in [1.807, 2.05) is 0 Å². The van der Waals surface area contributed by atoms with Crippen molar-refractivity contribution in [3.8, 4) is 0 Å². The van der Waals surface area contributed by atoms with Crippen molar-refractivity contribution in [2.24, 2.45) is 5.92 Å².